The van der Waals surface area contributed by atoms with Crippen LogP contribution in [0.4, 0.5) is 10.1 Å². The molecule has 0 aromatic heterocycles. The lowest BCUT2D eigenvalue weighted by Gasteiger charge is -2.09. The average Bonchev–Trinajstić information content (AvgIpc) is 2.59. The van der Waals surface area contributed by atoms with Gasteiger partial charge in [0.2, 0.25) is 0 Å². The highest BCUT2D eigenvalue weighted by atomic mass is 19.1. The monoisotopic (exact) mass is 337 g/mol. The number of hydrogen-bond donors (Lipinski definition) is 2. The number of rotatable bonds is 6. The van der Waals surface area contributed by atoms with E-state index < -0.39 is 5.91 Å². The molecule has 0 spiro atoms. The number of anilines is 1. The van der Waals surface area contributed by atoms with Gasteiger partial charge in [0.25, 0.3) is 5.91 Å². The van der Waals surface area contributed by atoms with Crippen LogP contribution in [0, 0.1) is 31.0 Å². The minimum atomic E-state index is -0.455. The number of nitrogens with one attached hydrogen (secondary N) is 2. The van der Waals surface area contributed by atoms with Crippen LogP contribution in [0.3, 0.4) is 0 Å². The largest absolute Gasteiger partial charge is 0.389 e. The van der Waals surface area contributed by atoms with E-state index in [-0.39, 0.29) is 11.4 Å². The molecule has 0 bridgehead atoms. The summed E-state index contributed by atoms with van der Waals surface area (Å²) in [6.07, 6.45) is 2.07. The molecule has 2 aromatic carbocycles. The Morgan fingerprint density at radius 1 is 1.20 bits per heavy atom. The van der Waals surface area contributed by atoms with Crippen LogP contribution in [-0.2, 0) is 11.2 Å². The van der Waals surface area contributed by atoms with E-state index in [0.29, 0.717) is 18.7 Å². The summed E-state index contributed by atoms with van der Waals surface area (Å²) >= 11 is 0. The van der Waals surface area contributed by atoms with E-state index in [1.165, 1.54) is 18.3 Å². The van der Waals surface area contributed by atoms with E-state index in [0.717, 1.165) is 16.7 Å². The van der Waals surface area contributed by atoms with Crippen molar-refractivity contribution >= 4 is 11.6 Å². The van der Waals surface area contributed by atoms with Gasteiger partial charge in [-0.25, -0.2) is 4.39 Å². The Kier molecular flexibility index (Phi) is 6.30. The van der Waals surface area contributed by atoms with Crippen molar-refractivity contribution in [3.05, 3.63) is 76.7 Å². The quantitative estimate of drug-likeness (QED) is 0.481. The summed E-state index contributed by atoms with van der Waals surface area (Å²) in [6, 6.07) is 13.8. The van der Waals surface area contributed by atoms with Crippen molar-refractivity contribution in [3.63, 3.8) is 0 Å². The molecule has 1 amide bonds. The van der Waals surface area contributed by atoms with E-state index in [1.807, 2.05) is 38.1 Å². The smallest absolute Gasteiger partial charge is 0.267 e. The number of amides is 1. The molecule has 0 fully saturated rings. The summed E-state index contributed by atoms with van der Waals surface area (Å²) in [5.41, 5.74) is 3.70. The second-order valence-corrected chi connectivity index (χ2v) is 5.77. The van der Waals surface area contributed by atoms with Crippen molar-refractivity contribution in [2.24, 2.45) is 0 Å². The molecule has 25 heavy (non-hydrogen) atoms. The maximum absolute atomic E-state index is 12.8. The molecule has 0 aliphatic rings. The van der Waals surface area contributed by atoms with Crippen LogP contribution in [0.25, 0.3) is 0 Å². The standard InChI is InChI=1S/C20H20FN3O/c1-14-3-8-19(15(2)11-14)24-20(25)17(12-22)13-23-10-9-16-4-6-18(21)7-5-16/h3-8,11,13,23H,9-10H2,1-2H3,(H,24,25)/b17-13-. The predicted molar refractivity (Wildman–Crippen MR) is 96.3 cm³/mol. The summed E-state index contributed by atoms with van der Waals surface area (Å²) in [4.78, 5) is 12.2. The van der Waals surface area contributed by atoms with Gasteiger partial charge in [-0.3, -0.25) is 4.79 Å². The van der Waals surface area contributed by atoms with Crippen molar-refractivity contribution in [2.45, 2.75) is 20.3 Å². The molecule has 0 unspecified atom stereocenters. The van der Waals surface area contributed by atoms with Gasteiger partial charge in [-0.15, -0.1) is 0 Å². The summed E-state index contributed by atoms with van der Waals surface area (Å²) < 4.78 is 12.8. The molecule has 2 aromatic rings. The first-order chi connectivity index (χ1) is 12.0. The van der Waals surface area contributed by atoms with E-state index >= 15 is 0 Å². The van der Waals surface area contributed by atoms with Gasteiger partial charge in [0, 0.05) is 18.4 Å². The molecule has 0 saturated heterocycles. The Bertz CT molecular complexity index is 820. The first-order valence-electron chi connectivity index (χ1n) is 7.96. The Labute approximate surface area is 147 Å². The van der Waals surface area contributed by atoms with Crippen LogP contribution in [0.1, 0.15) is 16.7 Å². The Morgan fingerprint density at radius 3 is 2.56 bits per heavy atom. The van der Waals surface area contributed by atoms with Gasteiger partial charge in [0.05, 0.1) is 0 Å². The van der Waals surface area contributed by atoms with Gasteiger partial charge in [0.15, 0.2) is 0 Å². The molecule has 0 radical (unpaired) electrons. The van der Waals surface area contributed by atoms with Crippen molar-refractivity contribution in [3.8, 4) is 6.07 Å². The Morgan fingerprint density at radius 2 is 1.92 bits per heavy atom. The minimum absolute atomic E-state index is 0.000851. The van der Waals surface area contributed by atoms with E-state index in [1.54, 1.807) is 12.1 Å². The highest BCUT2D eigenvalue weighted by molar-refractivity contribution is 6.06. The SMILES string of the molecule is Cc1ccc(NC(=O)/C(C#N)=C\NCCc2ccc(F)cc2)c(C)c1. The zero-order valence-electron chi connectivity index (χ0n) is 14.3. The van der Waals surface area contributed by atoms with Gasteiger partial charge in [-0.2, -0.15) is 5.26 Å². The third-order valence-corrected chi connectivity index (χ3v) is 3.71. The van der Waals surface area contributed by atoms with Crippen LogP contribution < -0.4 is 10.6 Å². The van der Waals surface area contributed by atoms with Crippen molar-refractivity contribution in [1.29, 1.82) is 5.26 Å². The minimum Gasteiger partial charge on any atom is -0.389 e. The van der Waals surface area contributed by atoms with Crippen LogP contribution in [-0.4, -0.2) is 12.5 Å². The van der Waals surface area contributed by atoms with Gasteiger partial charge in [-0.1, -0.05) is 29.8 Å². The topological polar surface area (TPSA) is 64.9 Å². The molecule has 0 heterocycles. The molecule has 2 N–H and O–H groups in total. The molecule has 2 rings (SSSR count). The van der Waals surface area contributed by atoms with Gasteiger partial charge >= 0.3 is 0 Å². The van der Waals surface area contributed by atoms with Crippen LogP contribution >= 0.6 is 0 Å². The molecule has 0 aliphatic heterocycles. The maximum Gasteiger partial charge on any atom is 0.267 e. The second-order valence-electron chi connectivity index (χ2n) is 5.77. The lowest BCUT2D eigenvalue weighted by atomic mass is 10.1. The summed E-state index contributed by atoms with van der Waals surface area (Å²) in [5, 5.41) is 14.9. The number of benzene rings is 2. The lowest BCUT2D eigenvalue weighted by Crippen LogP contribution is -2.18. The van der Waals surface area contributed by atoms with Gasteiger partial charge in [0.1, 0.15) is 17.5 Å². The van der Waals surface area contributed by atoms with Crippen molar-refractivity contribution < 1.29 is 9.18 Å². The Hall–Kier alpha value is -3.13. The first kappa shape index (κ1) is 18.2. The van der Waals surface area contributed by atoms with Crippen molar-refractivity contribution in [1.82, 2.24) is 5.32 Å². The number of hydrogen-bond acceptors (Lipinski definition) is 3. The molecule has 0 aliphatic carbocycles. The van der Waals surface area contributed by atoms with Gasteiger partial charge < -0.3 is 10.6 Å². The fraction of sp³-hybridized carbons (Fsp3) is 0.200. The number of nitriles is 1. The molecular formula is C20H20FN3O. The highest BCUT2D eigenvalue weighted by Crippen LogP contribution is 2.16. The fourth-order valence-corrected chi connectivity index (χ4v) is 2.33. The second kappa shape index (κ2) is 8.65. The first-order valence-corrected chi connectivity index (χ1v) is 7.96. The molecule has 0 atom stereocenters. The molecule has 5 heteroatoms. The van der Waals surface area contributed by atoms with Gasteiger partial charge in [-0.05, 0) is 49.6 Å². The van der Waals surface area contributed by atoms with Crippen molar-refractivity contribution in [2.75, 3.05) is 11.9 Å². The summed E-state index contributed by atoms with van der Waals surface area (Å²) in [6.45, 7) is 4.41. The van der Waals surface area contributed by atoms with Crippen LogP contribution in [0.15, 0.2) is 54.2 Å². The highest BCUT2D eigenvalue weighted by Gasteiger charge is 2.10. The molecule has 0 saturated carbocycles. The Balaban J connectivity index is 1.91. The fourth-order valence-electron chi connectivity index (χ4n) is 2.33. The molecular weight excluding hydrogens is 317 g/mol. The normalized spacial score (nSPS) is 10.9. The summed E-state index contributed by atoms with van der Waals surface area (Å²) in [5.74, 6) is -0.727. The third-order valence-electron chi connectivity index (χ3n) is 3.71. The molecule has 128 valence electrons. The number of halogens is 1. The van der Waals surface area contributed by atoms with E-state index in [2.05, 4.69) is 10.6 Å². The third kappa shape index (κ3) is 5.47. The lowest BCUT2D eigenvalue weighted by molar-refractivity contribution is -0.112. The van der Waals surface area contributed by atoms with Crippen LogP contribution in [0.5, 0.6) is 0 Å². The molecule has 4 nitrogen and oxygen atoms in total. The number of nitrogens with zero attached hydrogens (tertiary/aromatic N) is 1. The number of carbonyl (C=O) groups excluding carboxylic acids is 1. The maximum atomic E-state index is 12.8. The predicted octanol–water partition coefficient (Wildman–Crippen LogP) is 3.62. The van der Waals surface area contributed by atoms with Crippen LogP contribution in [0.2, 0.25) is 0 Å². The van der Waals surface area contributed by atoms with E-state index in [4.69, 9.17) is 0 Å². The number of carbonyl (C=O) groups is 1. The summed E-state index contributed by atoms with van der Waals surface area (Å²) in [7, 11) is 0. The average molecular weight is 337 g/mol. The van der Waals surface area contributed by atoms with E-state index in [9.17, 15) is 14.4 Å². The zero-order chi connectivity index (χ0) is 18.2. The zero-order valence-corrected chi connectivity index (χ0v) is 14.3. The number of aryl methyl sites for hydroxylation is 2.